The predicted molar refractivity (Wildman–Crippen MR) is 91.0 cm³/mol. The van der Waals surface area contributed by atoms with Crippen LogP contribution in [-0.4, -0.2) is 60.5 Å². The second-order valence-electron chi connectivity index (χ2n) is 6.58. The Morgan fingerprint density at radius 2 is 1.81 bits per heavy atom. The summed E-state index contributed by atoms with van der Waals surface area (Å²) in [6, 6.07) is 1.91. The Bertz CT molecular complexity index is 758. The molecule has 9 nitrogen and oxygen atoms in total. The van der Waals surface area contributed by atoms with Gasteiger partial charge < -0.3 is 24.3 Å². The Morgan fingerprint density at radius 3 is 2.31 bits per heavy atom. The van der Waals surface area contributed by atoms with Crippen molar-refractivity contribution in [2.45, 2.75) is 31.5 Å². The van der Waals surface area contributed by atoms with E-state index >= 15 is 0 Å². The van der Waals surface area contributed by atoms with Crippen molar-refractivity contribution in [2.24, 2.45) is 0 Å². The highest BCUT2D eigenvalue weighted by Crippen LogP contribution is 2.31. The van der Waals surface area contributed by atoms with Crippen LogP contribution in [0.15, 0.2) is 35.4 Å². The van der Waals surface area contributed by atoms with E-state index in [0.717, 1.165) is 17.3 Å². The molecule has 138 valence electrons. The van der Waals surface area contributed by atoms with Gasteiger partial charge in [0.25, 0.3) is 0 Å². The van der Waals surface area contributed by atoms with Crippen LogP contribution in [0.5, 0.6) is 0 Å². The Balaban J connectivity index is 1.55. The van der Waals surface area contributed by atoms with Gasteiger partial charge in [0, 0.05) is 43.7 Å². The Hall–Kier alpha value is -2.49. The fourth-order valence-electron chi connectivity index (χ4n) is 3.26. The van der Waals surface area contributed by atoms with Crippen LogP contribution in [0.1, 0.15) is 23.1 Å². The van der Waals surface area contributed by atoms with Crippen molar-refractivity contribution in [3.63, 3.8) is 0 Å². The number of rotatable bonds is 9. The highest BCUT2D eigenvalue weighted by Gasteiger charge is 2.45. The van der Waals surface area contributed by atoms with E-state index in [0.29, 0.717) is 44.9 Å². The highest BCUT2D eigenvalue weighted by atomic mass is 16.5. The summed E-state index contributed by atoms with van der Waals surface area (Å²) in [4.78, 5) is 17.4. The summed E-state index contributed by atoms with van der Waals surface area (Å²) < 4.78 is 10.9. The van der Waals surface area contributed by atoms with Gasteiger partial charge in [-0.2, -0.15) is 0 Å². The van der Waals surface area contributed by atoms with E-state index in [2.05, 4.69) is 30.0 Å². The smallest absolute Gasteiger partial charge is 0.139 e. The summed E-state index contributed by atoms with van der Waals surface area (Å²) in [5.74, 6) is 2.48. The van der Waals surface area contributed by atoms with Gasteiger partial charge in [-0.25, -0.2) is 9.97 Å². The second kappa shape index (κ2) is 7.40. The third kappa shape index (κ3) is 3.55. The fourth-order valence-corrected chi connectivity index (χ4v) is 3.26. The molecule has 9 heteroatoms. The van der Waals surface area contributed by atoms with Gasteiger partial charge in [-0.1, -0.05) is 5.16 Å². The first-order chi connectivity index (χ1) is 12.8. The first kappa shape index (κ1) is 17.0. The van der Waals surface area contributed by atoms with Crippen LogP contribution in [-0.2, 0) is 30.7 Å². The van der Waals surface area contributed by atoms with Crippen molar-refractivity contribution in [1.82, 2.24) is 30.0 Å². The zero-order valence-corrected chi connectivity index (χ0v) is 14.4. The van der Waals surface area contributed by atoms with Crippen molar-refractivity contribution in [2.75, 3.05) is 19.8 Å². The molecule has 1 aliphatic rings. The molecular formula is C17H22N6O3. The Labute approximate surface area is 150 Å². The van der Waals surface area contributed by atoms with Gasteiger partial charge in [0.1, 0.15) is 17.4 Å². The van der Waals surface area contributed by atoms with Gasteiger partial charge in [0.15, 0.2) is 0 Å². The monoisotopic (exact) mass is 358 g/mol. The minimum atomic E-state index is -0.201. The summed E-state index contributed by atoms with van der Waals surface area (Å²) in [7, 11) is 0. The van der Waals surface area contributed by atoms with Gasteiger partial charge >= 0.3 is 0 Å². The number of H-pyrrole nitrogens is 2. The normalized spacial score (nSPS) is 16.1. The topological polar surface area (TPSA) is 116 Å². The largest absolute Gasteiger partial charge is 0.396 e. The number of aromatic amines is 2. The number of nitrogens with zero attached hydrogens (tertiary/aromatic N) is 4. The summed E-state index contributed by atoms with van der Waals surface area (Å²) in [6.45, 7) is 2.57. The summed E-state index contributed by atoms with van der Waals surface area (Å²) in [6.07, 6.45) is 8.32. The molecular weight excluding hydrogens is 336 g/mol. The Morgan fingerprint density at radius 1 is 1.12 bits per heavy atom. The molecule has 0 spiro atoms. The van der Waals surface area contributed by atoms with E-state index in [1.807, 2.05) is 18.5 Å². The van der Waals surface area contributed by atoms with Crippen molar-refractivity contribution < 1.29 is 14.4 Å². The lowest BCUT2D eigenvalue weighted by molar-refractivity contribution is -0.149. The van der Waals surface area contributed by atoms with E-state index in [9.17, 15) is 0 Å². The lowest BCUT2D eigenvalue weighted by Gasteiger charge is -2.49. The van der Waals surface area contributed by atoms with Gasteiger partial charge in [-0.3, -0.25) is 4.90 Å². The van der Waals surface area contributed by atoms with Crippen LogP contribution in [0, 0.1) is 0 Å². The molecule has 0 aromatic carbocycles. The lowest BCUT2D eigenvalue weighted by Crippen LogP contribution is -2.63. The molecule has 0 amide bonds. The number of hydrogen-bond acceptors (Lipinski definition) is 7. The van der Waals surface area contributed by atoms with Crippen molar-refractivity contribution in [3.8, 4) is 0 Å². The molecule has 1 fully saturated rings. The maximum atomic E-state index is 9.06. The van der Waals surface area contributed by atoms with Crippen LogP contribution in [0.25, 0.3) is 0 Å². The van der Waals surface area contributed by atoms with Gasteiger partial charge in [0.2, 0.25) is 0 Å². The number of aliphatic hydroxyl groups is 1. The van der Waals surface area contributed by atoms with Crippen LogP contribution in [0.4, 0.5) is 0 Å². The number of nitrogens with one attached hydrogen (secondary N) is 2. The minimum Gasteiger partial charge on any atom is -0.396 e. The average Bonchev–Trinajstić information content (AvgIpc) is 3.34. The van der Waals surface area contributed by atoms with E-state index in [4.69, 9.17) is 14.4 Å². The third-order valence-electron chi connectivity index (χ3n) is 4.68. The maximum absolute atomic E-state index is 9.06. The van der Waals surface area contributed by atoms with Crippen molar-refractivity contribution in [3.05, 3.63) is 54.0 Å². The van der Waals surface area contributed by atoms with Gasteiger partial charge in [0.05, 0.1) is 44.1 Å². The fraction of sp³-hybridized carbons (Fsp3) is 0.471. The molecule has 0 atom stereocenters. The first-order valence-electron chi connectivity index (χ1n) is 8.62. The average molecular weight is 358 g/mol. The minimum absolute atomic E-state index is 0.0476. The highest BCUT2D eigenvalue weighted by molar-refractivity contribution is 5.13. The van der Waals surface area contributed by atoms with Crippen molar-refractivity contribution >= 4 is 0 Å². The molecule has 0 saturated carbocycles. The zero-order chi connectivity index (χ0) is 17.8. The summed E-state index contributed by atoms with van der Waals surface area (Å²) in [5.41, 5.74) is 0.660. The zero-order valence-electron chi connectivity index (χ0n) is 14.4. The number of aromatic nitrogens is 5. The molecule has 3 aromatic heterocycles. The van der Waals surface area contributed by atoms with E-state index in [-0.39, 0.29) is 12.1 Å². The number of imidazole rings is 2. The van der Waals surface area contributed by atoms with Crippen LogP contribution in [0.3, 0.4) is 0 Å². The van der Waals surface area contributed by atoms with E-state index in [1.54, 1.807) is 12.4 Å². The summed E-state index contributed by atoms with van der Waals surface area (Å²) in [5, 5.41) is 13.2. The van der Waals surface area contributed by atoms with Crippen molar-refractivity contribution in [1.29, 1.82) is 0 Å². The molecule has 1 aliphatic heterocycles. The van der Waals surface area contributed by atoms with Gasteiger partial charge in [-0.05, 0) is 0 Å². The van der Waals surface area contributed by atoms with Crippen LogP contribution < -0.4 is 0 Å². The molecule has 0 aliphatic carbocycles. The summed E-state index contributed by atoms with van der Waals surface area (Å²) >= 11 is 0. The molecule has 0 unspecified atom stereocenters. The van der Waals surface area contributed by atoms with E-state index < -0.39 is 0 Å². The number of hydrogen-bond donors (Lipinski definition) is 3. The third-order valence-corrected chi connectivity index (χ3v) is 4.68. The molecule has 1 saturated heterocycles. The van der Waals surface area contributed by atoms with Gasteiger partial charge in [-0.15, -0.1) is 0 Å². The molecule has 0 radical (unpaired) electrons. The number of aliphatic hydroxyl groups excluding tert-OH is 1. The molecule has 4 rings (SSSR count). The standard InChI is InChI=1S/C17H22N6O3/c24-6-1-14-7-13(22-26-14)8-17(11-25-12-17)23(9-15-18-2-3-19-15)10-16-20-4-5-21-16/h2-5,7,24H,1,6,8-12H2,(H,18,19)(H,20,21). The molecule has 0 bridgehead atoms. The quantitative estimate of drug-likeness (QED) is 0.515. The van der Waals surface area contributed by atoms with E-state index in [1.165, 1.54) is 0 Å². The first-order valence-corrected chi connectivity index (χ1v) is 8.62. The SMILES string of the molecule is OCCc1cc(CC2(N(Cc3ncc[nH]3)Cc3ncc[nH]3)COC2)no1. The maximum Gasteiger partial charge on any atom is 0.139 e. The lowest BCUT2D eigenvalue weighted by atomic mass is 9.88. The number of ether oxygens (including phenoxy) is 1. The molecule has 3 aromatic rings. The molecule has 4 heterocycles. The predicted octanol–water partition coefficient (Wildman–Crippen LogP) is 0.669. The van der Waals surface area contributed by atoms with Crippen LogP contribution >= 0.6 is 0 Å². The molecule has 3 N–H and O–H groups in total. The van der Waals surface area contributed by atoms with Crippen LogP contribution in [0.2, 0.25) is 0 Å². The second-order valence-corrected chi connectivity index (χ2v) is 6.58. The Kier molecular flexibility index (Phi) is 4.83. The molecule has 26 heavy (non-hydrogen) atoms.